The molecule has 0 saturated heterocycles. The minimum absolute atomic E-state index is 0.246. The maximum absolute atomic E-state index is 12.6. The number of aliphatic hydroxyl groups excluding tert-OH is 1. The summed E-state index contributed by atoms with van der Waals surface area (Å²) in [6, 6.07) is 4.28. The Morgan fingerprint density at radius 3 is 2.85 bits per heavy atom. The van der Waals surface area contributed by atoms with Gasteiger partial charge in [-0.15, -0.1) is 0 Å². The van der Waals surface area contributed by atoms with Gasteiger partial charge in [0, 0.05) is 6.42 Å². The van der Waals surface area contributed by atoms with Crippen LogP contribution in [0.4, 0.5) is 4.39 Å². The summed E-state index contributed by atoms with van der Waals surface area (Å²) in [5.74, 6) is -0.304. The lowest BCUT2D eigenvalue weighted by Gasteiger charge is -2.06. The topological polar surface area (TPSA) is 37.3 Å². The summed E-state index contributed by atoms with van der Waals surface area (Å²) in [7, 11) is 0. The molecule has 0 radical (unpaired) electrons. The third-order valence-corrected chi connectivity index (χ3v) is 1.89. The molecule has 1 aromatic rings. The van der Waals surface area contributed by atoms with Crippen LogP contribution in [0.1, 0.15) is 11.1 Å². The molecule has 0 saturated carbocycles. The SMILES string of the molecule is Cc1cc(F)ccc1CC(O)C=O. The standard InChI is InChI=1S/C10H11FO2/c1-7-4-9(11)3-2-8(7)5-10(13)6-12/h2-4,6,10,13H,5H2,1H3. The lowest BCUT2D eigenvalue weighted by molar-refractivity contribution is -0.114. The number of carbonyl (C=O) groups is 1. The zero-order valence-corrected chi connectivity index (χ0v) is 7.33. The Morgan fingerprint density at radius 2 is 2.31 bits per heavy atom. The Hall–Kier alpha value is -1.22. The monoisotopic (exact) mass is 182 g/mol. The fourth-order valence-electron chi connectivity index (χ4n) is 1.16. The Balaban J connectivity index is 2.83. The number of hydrogen-bond acceptors (Lipinski definition) is 2. The highest BCUT2D eigenvalue weighted by Gasteiger charge is 2.06. The quantitative estimate of drug-likeness (QED) is 0.714. The van der Waals surface area contributed by atoms with Crippen LogP contribution in [0.5, 0.6) is 0 Å². The van der Waals surface area contributed by atoms with Crippen LogP contribution in [-0.4, -0.2) is 17.5 Å². The van der Waals surface area contributed by atoms with E-state index in [2.05, 4.69) is 0 Å². The van der Waals surface area contributed by atoms with Crippen molar-refractivity contribution < 1.29 is 14.3 Å². The first kappa shape index (κ1) is 9.86. The molecule has 1 unspecified atom stereocenters. The summed E-state index contributed by atoms with van der Waals surface area (Å²) in [6.07, 6.45) is -0.276. The highest BCUT2D eigenvalue weighted by molar-refractivity contribution is 5.56. The van der Waals surface area contributed by atoms with Crippen molar-refractivity contribution in [2.45, 2.75) is 19.4 Å². The molecule has 2 nitrogen and oxygen atoms in total. The molecule has 1 rings (SSSR count). The van der Waals surface area contributed by atoms with Crippen LogP contribution in [0.15, 0.2) is 18.2 Å². The van der Waals surface area contributed by atoms with Gasteiger partial charge in [-0.3, -0.25) is 0 Å². The summed E-state index contributed by atoms with van der Waals surface area (Å²) < 4.78 is 12.6. The van der Waals surface area contributed by atoms with Gasteiger partial charge in [0.2, 0.25) is 0 Å². The van der Waals surface area contributed by atoms with E-state index in [1.54, 1.807) is 13.0 Å². The molecule has 0 aliphatic carbocycles. The lowest BCUT2D eigenvalue weighted by atomic mass is 10.0. The van der Waals surface area contributed by atoms with E-state index >= 15 is 0 Å². The van der Waals surface area contributed by atoms with E-state index in [4.69, 9.17) is 5.11 Å². The molecule has 3 heteroatoms. The zero-order chi connectivity index (χ0) is 9.84. The van der Waals surface area contributed by atoms with Gasteiger partial charge in [-0.05, 0) is 30.2 Å². The van der Waals surface area contributed by atoms with E-state index in [9.17, 15) is 9.18 Å². The normalized spacial score (nSPS) is 12.5. The van der Waals surface area contributed by atoms with Gasteiger partial charge in [0.1, 0.15) is 18.2 Å². The summed E-state index contributed by atoms with van der Waals surface area (Å²) in [5, 5.41) is 9.04. The van der Waals surface area contributed by atoms with Crippen molar-refractivity contribution in [3.05, 3.63) is 35.1 Å². The third-order valence-electron chi connectivity index (χ3n) is 1.89. The first-order chi connectivity index (χ1) is 6.13. The number of halogens is 1. The summed E-state index contributed by atoms with van der Waals surface area (Å²) in [4.78, 5) is 10.2. The van der Waals surface area contributed by atoms with E-state index in [1.807, 2.05) is 0 Å². The Bertz CT molecular complexity index is 310. The second kappa shape index (κ2) is 4.14. The fraction of sp³-hybridized carbons (Fsp3) is 0.300. The van der Waals surface area contributed by atoms with Crippen LogP contribution in [0.2, 0.25) is 0 Å². The number of benzene rings is 1. The molecule has 70 valence electrons. The minimum atomic E-state index is -0.996. The van der Waals surface area contributed by atoms with Crippen molar-refractivity contribution in [3.8, 4) is 0 Å². The van der Waals surface area contributed by atoms with Crippen molar-refractivity contribution in [2.75, 3.05) is 0 Å². The second-order valence-corrected chi connectivity index (χ2v) is 2.98. The predicted molar refractivity (Wildman–Crippen MR) is 46.9 cm³/mol. The summed E-state index contributed by atoms with van der Waals surface area (Å²) in [5.41, 5.74) is 1.54. The molecule has 0 aromatic heterocycles. The molecule has 0 aliphatic heterocycles. The zero-order valence-electron chi connectivity index (χ0n) is 7.33. The molecule has 0 aliphatic rings. The molecule has 1 N–H and O–H groups in total. The predicted octanol–water partition coefficient (Wildman–Crippen LogP) is 1.24. The van der Waals surface area contributed by atoms with Gasteiger partial charge >= 0.3 is 0 Å². The molecule has 1 aromatic carbocycles. The van der Waals surface area contributed by atoms with Gasteiger partial charge < -0.3 is 9.90 Å². The van der Waals surface area contributed by atoms with Crippen LogP contribution in [0, 0.1) is 12.7 Å². The van der Waals surface area contributed by atoms with E-state index in [0.717, 1.165) is 11.1 Å². The van der Waals surface area contributed by atoms with E-state index in [-0.39, 0.29) is 12.2 Å². The van der Waals surface area contributed by atoms with E-state index < -0.39 is 6.10 Å². The van der Waals surface area contributed by atoms with Gasteiger partial charge in [0.05, 0.1) is 0 Å². The van der Waals surface area contributed by atoms with Crippen molar-refractivity contribution in [2.24, 2.45) is 0 Å². The number of hydrogen-bond donors (Lipinski definition) is 1. The highest BCUT2D eigenvalue weighted by atomic mass is 19.1. The van der Waals surface area contributed by atoms with Crippen LogP contribution in [-0.2, 0) is 11.2 Å². The fourth-order valence-corrected chi connectivity index (χ4v) is 1.16. The molecule has 13 heavy (non-hydrogen) atoms. The number of aliphatic hydroxyl groups is 1. The van der Waals surface area contributed by atoms with E-state index in [0.29, 0.717) is 6.29 Å². The molecule has 0 heterocycles. The summed E-state index contributed by atoms with van der Waals surface area (Å²) in [6.45, 7) is 1.75. The third kappa shape index (κ3) is 2.63. The lowest BCUT2D eigenvalue weighted by Crippen LogP contribution is -2.12. The smallest absolute Gasteiger partial charge is 0.148 e. The average molecular weight is 182 g/mol. The number of aryl methyl sites for hydroxylation is 1. The van der Waals surface area contributed by atoms with Crippen molar-refractivity contribution in [3.63, 3.8) is 0 Å². The molecule has 0 amide bonds. The summed E-state index contributed by atoms with van der Waals surface area (Å²) >= 11 is 0. The van der Waals surface area contributed by atoms with Crippen molar-refractivity contribution in [1.82, 2.24) is 0 Å². The molecular weight excluding hydrogens is 171 g/mol. The van der Waals surface area contributed by atoms with Gasteiger partial charge in [0.15, 0.2) is 0 Å². The van der Waals surface area contributed by atoms with Crippen molar-refractivity contribution in [1.29, 1.82) is 0 Å². The van der Waals surface area contributed by atoms with Gasteiger partial charge in [0.25, 0.3) is 0 Å². The molecule has 0 spiro atoms. The Kier molecular flexibility index (Phi) is 3.14. The molecular formula is C10H11FO2. The molecule has 1 atom stereocenters. The highest BCUT2D eigenvalue weighted by Crippen LogP contribution is 2.11. The Morgan fingerprint density at radius 1 is 1.62 bits per heavy atom. The average Bonchev–Trinajstić information content (AvgIpc) is 2.09. The molecule has 0 fully saturated rings. The Labute approximate surface area is 76.0 Å². The maximum atomic E-state index is 12.6. The number of aldehydes is 1. The van der Waals surface area contributed by atoms with Gasteiger partial charge in [-0.1, -0.05) is 6.07 Å². The van der Waals surface area contributed by atoms with Crippen LogP contribution in [0.25, 0.3) is 0 Å². The van der Waals surface area contributed by atoms with E-state index in [1.165, 1.54) is 12.1 Å². The maximum Gasteiger partial charge on any atom is 0.148 e. The van der Waals surface area contributed by atoms with Crippen molar-refractivity contribution >= 4 is 6.29 Å². The van der Waals surface area contributed by atoms with Crippen LogP contribution >= 0.6 is 0 Å². The first-order valence-corrected chi connectivity index (χ1v) is 4.02. The first-order valence-electron chi connectivity index (χ1n) is 4.02. The second-order valence-electron chi connectivity index (χ2n) is 2.98. The minimum Gasteiger partial charge on any atom is -0.385 e. The largest absolute Gasteiger partial charge is 0.385 e. The number of rotatable bonds is 3. The van der Waals surface area contributed by atoms with Gasteiger partial charge in [-0.25, -0.2) is 4.39 Å². The number of carbonyl (C=O) groups excluding carboxylic acids is 1. The molecule has 0 bridgehead atoms. The van der Waals surface area contributed by atoms with Crippen LogP contribution < -0.4 is 0 Å². The van der Waals surface area contributed by atoms with Crippen LogP contribution in [0.3, 0.4) is 0 Å². The van der Waals surface area contributed by atoms with Gasteiger partial charge in [-0.2, -0.15) is 0 Å².